The van der Waals surface area contributed by atoms with Crippen LogP contribution in [0.4, 0.5) is 23.7 Å². The number of fused-ring (bicyclic) bond motifs is 4. The fourth-order valence-corrected chi connectivity index (χ4v) is 7.29. The molecule has 3 aromatic rings. The van der Waals surface area contributed by atoms with Crippen LogP contribution in [0, 0.1) is 5.92 Å². The third kappa shape index (κ3) is 6.48. The van der Waals surface area contributed by atoms with E-state index in [1.54, 1.807) is 16.9 Å². The number of para-hydroxylation sites is 1. The first-order valence-corrected chi connectivity index (χ1v) is 15.5. The van der Waals surface area contributed by atoms with Gasteiger partial charge in [0.15, 0.2) is 0 Å². The normalized spacial score (nSPS) is 19.7. The number of amides is 3. The molecule has 0 saturated carbocycles. The maximum Gasteiger partial charge on any atom is 0.406 e. The Hall–Kier alpha value is -3.77. The number of urea groups is 1. The van der Waals surface area contributed by atoms with Gasteiger partial charge in [-0.1, -0.05) is 36.4 Å². The highest BCUT2D eigenvalue weighted by Gasteiger charge is 2.39. The van der Waals surface area contributed by atoms with Crippen LogP contribution in [-0.2, 0) is 35.6 Å². The third-order valence-corrected chi connectivity index (χ3v) is 9.44. The molecule has 0 unspecified atom stereocenters. The molecule has 1 N–H and O–H groups in total. The summed E-state index contributed by atoms with van der Waals surface area (Å²) in [6.07, 6.45) is -0.316. The lowest BCUT2D eigenvalue weighted by molar-refractivity contribution is -0.164. The van der Waals surface area contributed by atoms with Crippen molar-refractivity contribution in [3.05, 3.63) is 70.5 Å². The van der Waals surface area contributed by atoms with Crippen molar-refractivity contribution < 1.29 is 27.5 Å². The van der Waals surface area contributed by atoms with Crippen LogP contribution in [0.3, 0.4) is 0 Å². The molecule has 4 heterocycles. The smallest absolute Gasteiger partial charge is 0.375 e. The number of alkyl halides is 3. The summed E-state index contributed by atoms with van der Waals surface area (Å²) in [5, 5.41) is 8.36. The first kappa shape index (κ1) is 31.2. The summed E-state index contributed by atoms with van der Waals surface area (Å²) < 4.78 is 47.8. The number of carbonyl (C=O) groups is 2. The first-order valence-electron chi connectivity index (χ1n) is 15.1. The number of aromatic nitrogens is 2. The zero-order valence-electron chi connectivity index (χ0n) is 25.1. The average molecular weight is 645 g/mol. The monoisotopic (exact) mass is 644 g/mol. The minimum atomic E-state index is -4.56. The molecule has 2 aromatic carbocycles. The number of piperidine rings is 1. The second kappa shape index (κ2) is 12.6. The fourth-order valence-electron chi connectivity index (χ4n) is 6.96. The summed E-state index contributed by atoms with van der Waals surface area (Å²) in [7, 11) is 1.51. The molecule has 0 aliphatic carbocycles. The number of methoxy groups -OCH3 is 1. The number of benzene rings is 2. The van der Waals surface area contributed by atoms with E-state index >= 15 is 0 Å². The summed E-state index contributed by atoms with van der Waals surface area (Å²) in [4.78, 5) is 31.6. The lowest BCUT2D eigenvalue weighted by atomic mass is 9.91. The van der Waals surface area contributed by atoms with E-state index in [0.29, 0.717) is 46.8 Å². The number of rotatable bonds is 7. The molecule has 3 aliphatic rings. The van der Waals surface area contributed by atoms with E-state index in [4.69, 9.17) is 16.3 Å². The van der Waals surface area contributed by atoms with Crippen LogP contribution in [-0.4, -0.2) is 81.9 Å². The van der Waals surface area contributed by atoms with Crippen LogP contribution in [0.1, 0.15) is 36.0 Å². The number of hydrogen-bond acceptors (Lipinski definition) is 5. The number of ether oxygens (including phenoxy) is 1. The van der Waals surface area contributed by atoms with Gasteiger partial charge in [-0.3, -0.25) is 4.79 Å². The van der Waals surface area contributed by atoms with E-state index in [-0.39, 0.29) is 38.2 Å². The van der Waals surface area contributed by atoms with Gasteiger partial charge in [-0.05, 0) is 60.9 Å². The van der Waals surface area contributed by atoms with Crippen molar-refractivity contribution >= 4 is 40.1 Å². The van der Waals surface area contributed by atoms with Crippen LogP contribution in [0.15, 0.2) is 48.8 Å². The molecule has 3 aliphatic heterocycles. The Morgan fingerprint density at radius 1 is 1.16 bits per heavy atom. The van der Waals surface area contributed by atoms with Gasteiger partial charge in [0.25, 0.3) is 0 Å². The van der Waals surface area contributed by atoms with Crippen molar-refractivity contribution in [3.8, 4) is 0 Å². The summed E-state index contributed by atoms with van der Waals surface area (Å²) in [6, 6.07) is 9.51. The molecule has 3 amide bonds. The van der Waals surface area contributed by atoms with Crippen LogP contribution in [0.5, 0.6) is 0 Å². The number of hydrogen-bond donors (Lipinski definition) is 1. The van der Waals surface area contributed by atoms with E-state index < -0.39 is 24.5 Å². The molecular formula is C32H36ClF3N6O3. The topological polar surface area (TPSA) is 82.9 Å². The van der Waals surface area contributed by atoms with Crippen LogP contribution in [0.25, 0.3) is 10.9 Å². The summed E-state index contributed by atoms with van der Waals surface area (Å²) in [5.74, 6) is -1.30. The van der Waals surface area contributed by atoms with Crippen LogP contribution >= 0.6 is 11.6 Å². The highest BCUT2D eigenvalue weighted by Crippen LogP contribution is 2.37. The van der Waals surface area contributed by atoms with Gasteiger partial charge in [0.2, 0.25) is 5.91 Å². The number of anilines is 1. The van der Waals surface area contributed by atoms with Crippen molar-refractivity contribution in [2.24, 2.45) is 5.92 Å². The molecule has 13 heteroatoms. The first-order chi connectivity index (χ1) is 21.5. The zero-order valence-corrected chi connectivity index (χ0v) is 25.8. The Labute approximate surface area is 264 Å². The summed E-state index contributed by atoms with van der Waals surface area (Å²) in [5.41, 5.74) is 4.56. The fraction of sp³-hybridized carbons (Fsp3) is 0.469. The maximum atomic E-state index is 13.7. The molecule has 0 spiro atoms. The van der Waals surface area contributed by atoms with Gasteiger partial charge in [-0.15, -0.1) is 0 Å². The standard InChI is InChI=1S/C32H36ClF3N6O3/c1-20(39-10-8-24(9-11-39)41-12-7-21-5-3-4-6-28(21)38-31(41)44)13-23-14-22-15-27(33)29-25(16-37-42(29)19-45-2)26(22)17-40(30(23)43)18-32(34,35)36/h3-6,15-16,23-24H,1,7-14,17-19H2,2H3,(H,38,44)/t23-/m1/s1. The Balaban J connectivity index is 1.17. The van der Waals surface area contributed by atoms with E-state index in [0.717, 1.165) is 41.0 Å². The predicted octanol–water partition coefficient (Wildman–Crippen LogP) is 5.82. The highest BCUT2D eigenvalue weighted by atomic mass is 35.5. The zero-order chi connectivity index (χ0) is 31.9. The van der Waals surface area contributed by atoms with Crippen LogP contribution in [0.2, 0.25) is 5.02 Å². The summed E-state index contributed by atoms with van der Waals surface area (Å²) >= 11 is 6.66. The Morgan fingerprint density at radius 2 is 1.91 bits per heavy atom. The third-order valence-electron chi connectivity index (χ3n) is 9.15. The minimum absolute atomic E-state index is 0.0561. The number of halogens is 4. The number of nitrogens with zero attached hydrogens (tertiary/aromatic N) is 5. The van der Waals surface area contributed by atoms with Crippen molar-refractivity contribution in [1.29, 1.82) is 0 Å². The lowest BCUT2D eigenvalue weighted by Crippen LogP contribution is -2.48. The number of carbonyl (C=O) groups excluding carboxylic acids is 2. The van der Waals surface area contributed by atoms with Gasteiger partial charge in [0, 0.05) is 62.0 Å². The number of allylic oxidation sites excluding steroid dienone is 1. The molecule has 240 valence electrons. The van der Waals surface area contributed by atoms with E-state index in [1.807, 2.05) is 29.2 Å². The molecular weight excluding hydrogens is 609 g/mol. The van der Waals surface area contributed by atoms with Crippen molar-refractivity contribution in [2.45, 2.75) is 57.6 Å². The lowest BCUT2D eigenvalue weighted by Gasteiger charge is -2.40. The maximum absolute atomic E-state index is 13.7. The molecule has 45 heavy (non-hydrogen) atoms. The molecule has 1 atom stereocenters. The van der Waals surface area contributed by atoms with Gasteiger partial charge in [0.05, 0.1) is 16.7 Å². The van der Waals surface area contributed by atoms with Gasteiger partial charge in [0.1, 0.15) is 13.3 Å². The van der Waals surface area contributed by atoms with E-state index in [1.165, 1.54) is 7.11 Å². The van der Waals surface area contributed by atoms with Crippen molar-refractivity contribution in [1.82, 2.24) is 24.5 Å². The molecule has 0 bridgehead atoms. The Morgan fingerprint density at radius 3 is 2.64 bits per heavy atom. The molecule has 1 fully saturated rings. The minimum Gasteiger partial charge on any atom is -0.375 e. The molecule has 0 radical (unpaired) electrons. The molecule has 6 rings (SSSR count). The average Bonchev–Trinajstić information content (AvgIpc) is 3.28. The SMILES string of the molecule is C=C(C[C@@H]1Cc2cc(Cl)c3c(cnn3COC)c2CN(CC(F)(F)F)C1=O)N1CCC(N2CCc3ccccc3NC2=O)CC1. The van der Waals surface area contributed by atoms with Crippen molar-refractivity contribution in [3.63, 3.8) is 0 Å². The van der Waals surface area contributed by atoms with E-state index in [9.17, 15) is 22.8 Å². The van der Waals surface area contributed by atoms with Crippen molar-refractivity contribution in [2.75, 3.05) is 38.6 Å². The Kier molecular flexibility index (Phi) is 8.71. The molecule has 9 nitrogen and oxygen atoms in total. The van der Waals surface area contributed by atoms with Gasteiger partial charge >= 0.3 is 12.2 Å². The molecule has 1 aromatic heterocycles. The van der Waals surface area contributed by atoms with Crippen LogP contribution < -0.4 is 5.32 Å². The van der Waals surface area contributed by atoms with Gasteiger partial charge < -0.3 is 24.8 Å². The number of likely N-dealkylation sites (tertiary alicyclic amines) is 1. The van der Waals surface area contributed by atoms with E-state index in [2.05, 4.69) is 21.9 Å². The van der Waals surface area contributed by atoms with Gasteiger partial charge in [-0.2, -0.15) is 18.3 Å². The number of nitrogens with one attached hydrogen (secondary N) is 1. The largest absolute Gasteiger partial charge is 0.406 e. The highest BCUT2D eigenvalue weighted by molar-refractivity contribution is 6.35. The summed E-state index contributed by atoms with van der Waals surface area (Å²) in [6.45, 7) is 4.74. The quantitative estimate of drug-likeness (QED) is 0.351. The van der Waals surface area contributed by atoms with Gasteiger partial charge in [-0.25, -0.2) is 9.48 Å². The second-order valence-electron chi connectivity index (χ2n) is 12.1. The second-order valence-corrected chi connectivity index (χ2v) is 12.5. The molecule has 1 saturated heterocycles. The Bertz CT molecular complexity index is 1620. The predicted molar refractivity (Wildman–Crippen MR) is 165 cm³/mol.